The number of carbonyl (C=O) groups is 1. The number of carboxylic acid groups (broad SMARTS) is 1. The largest absolute Gasteiger partial charge is 0.493 e. The third kappa shape index (κ3) is 4.98. The summed E-state index contributed by atoms with van der Waals surface area (Å²) < 4.78 is 16.9. The van der Waals surface area contributed by atoms with E-state index in [9.17, 15) is 9.90 Å². The van der Waals surface area contributed by atoms with E-state index >= 15 is 0 Å². The van der Waals surface area contributed by atoms with Crippen molar-refractivity contribution in [1.82, 2.24) is 4.98 Å². The SMILES string of the molecule is COc1cc2nccc(Oc3ccc(N(C(=O)O)C(C)c4cccc(N(C)C)c4)cc3)c2cc1OC. The Bertz CT molecular complexity index is 1370. The molecule has 1 atom stereocenters. The Labute approximate surface area is 210 Å². The Morgan fingerprint density at radius 2 is 1.58 bits per heavy atom. The van der Waals surface area contributed by atoms with E-state index in [-0.39, 0.29) is 6.04 Å². The molecule has 8 nitrogen and oxygen atoms in total. The first-order chi connectivity index (χ1) is 17.3. The summed E-state index contributed by atoms with van der Waals surface area (Å²) in [5, 5.41) is 10.8. The lowest BCUT2D eigenvalue weighted by atomic mass is 10.1. The van der Waals surface area contributed by atoms with Gasteiger partial charge in [0.05, 0.1) is 25.8 Å². The number of benzene rings is 3. The maximum atomic E-state index is 12.2. The van der Waals surface area contributed by atoms with Crippen LogP contribution in [-0.4, -0.2) is 44.5 Å². The fourth-order valence-electron chi connectivity index (χ4n) is 4.05. The van der Waals surface area contributed by atoms with E-state index in [4.69, 9.17) is 14.2 Å². The van der Waals surface area contributed by atoms with Crippen LogP contribution in [0, 0.1) is 0 Å². The Hall–Kier alpha value is -4.46. The number of rotatable bonds is 8. The molecule has 0 bridgehead atoms. The van der Waals surface area contributed by atoms with E-state index in [2.05, 4.69) is 4.98 Å². The highest BCUT2D eigenvalue weighted by molar-refractivity contribution is 5.89. The van der Waals surface area contributed by atoms with Gasteiger partial charge in [-0.05, 0) is 61.0 Å². The maximum Gasteiger partial charge on any atom is 0.412 e. The van der Waals surface area contributed by atoms with E-state index in [1.54, 1.807) is 56.8 Å². The summed E-state index contributed by atoms with van der Waals surface area (Å²) in [4.78, 5) is 20.0. The molecule has 0 saturated carbocycles. The van der Waals surface area contributed by atoms with Crippen LogP contribution in [0.2, 0.25) is 0 Å². The van der Waals surface area contributed by atoms with Gasteiger partial charge in [-0.25, -0.2) is 4.79 Å². The van der Waals surface area contributed by atoms with Crippen LogP contribution >= 0.6 is 0 Å². The molecule has 0 fully saturated rings. The molecule has 0 radical (unpaired) electrons. The van der Waals surface area contributed by atoms with Crippen LogP contribution in [-0.2, 0) is 0 Å². The first-order valence-corrected chi connectivity index (χ1v) is 11.4. The van der Waals surface area contributed by atoms with Crippen molar-refractivity contribution < 1.29 is 24.1 Å². The summed E-state index contributed by atoms with van der Waals surface area (Å²) in [6.07, 6.45) is 0.626. The van der Waals surface area contributed by atoms with Crippen LogP contribution in [0.3, 0.4) is 0 Å². The molecule has 1 unspecified atom stereocenters. The summed E-state index contributed by atoms with van der Waals surface area (Å²) in [5.41, 5.74) is 3.15. The second kappa shape index (κ2) is 10.4. The highest BCUT2D eigenvalue weighted by atomic mass is 16.5. The lowest BCUT2D eigenvalue weighted by Crippen LogP contribution is -2.32. The number of aromatic nitrogens is 1. The molecule has 0 aliphatic carbocycles. The van der Waals surface area contributed by atoms with Crippen LogP contribution in [0.25, 0.3) is 10.9 Å². The molecular weight excluding hydrogens is 458 g/mol. The highest BCUT2D eigenvalue weighted by Crippen LogP contribution is 2.37. The Kier molecular flexibility index (Phi) is 7.15. The van der Waals surface area contributed by atoms with Gasteiger partial charge in [0.1, 0.15) is 11.5 Å². The zero-order valence-corrected chi connectivity index (χ0v) is 20.9. The monoisotopic (exact) mass is 487 g/mol. The number of ether oxygens (including phenoxy) is 3. The molecule has 3 aromatic carbocycles. The summed E-state index contributed by atoms with van der Waals surface area (Å²) in [5.74, 6) is 2.31. The number of pyridine rings is 1. The average Bonchev–Trinajstić information content (AvgIpc) is 2.89. The molecule has 4 aromatic rings. The van der Waals surface area contributed by atoms with Crippen molar-refractivity contribution >= 4 is 28.4 Å². The van der Waals surface area contributed by atoms with Crippen molar-refractivity contribution in [3.63, 3.8) is 0 Å². The van der Waals surface area contributed by atoms with E-state index in [0.29, 0.717) is 34.2 Å². The van der Waals surface area contributed by atoms with Crippen molar-refractivity contribution in [2.24, 2.45) is 0 Å². The molecular formula is C28H29N3O5. The number of amides is 1. The Morgan fingerprint density at radius 3 is 2.22 bits per heavy atom. The number of methoxy groups -OCH3 is 2. The standard InChI is InChI=1S/C28H29N3O5/c1-18(19-7-6-8-21(15-19)30(2)3)31(28(32)33)20-9-11-22(12-10-20)36-25-13-14-29-24-17-27(35-5)26(34-4)16-23(24)25/h6-18H,1-5H3,(H,32,33). The smallest absolute Gasteiger partial charge is 0.412 e. The van der Waals surface area contributed by atoms with E-state index in [1.807, 2.05) is 56.3 Å². The van der Waals surface area contributed by atoms with Crippen molar-refractivity contribution in [2.45, 2.75) is 13.0 Å². The first kappa shape index (κ1) is 24.7. The summed E-state index contributed by atoms with van der Waals surface area (Å²) >= 11 is 0. The normalized spacial score (nSPS) is 11.6. The number of anilines is 2. The zero-order valence-electron chi connectivity index (χ0n) is 20.9. The fourth-order valence-corrected chi connectivity index (χ4v) is 4.05. The number of nitrogens with zero attached hydrogens (tertiary/aromatic N) is 3. The van der Waals surface area contributed by atoms with Crippen LogP contribution in [0.15, 0.2) is 72.9 Å². The van der Waals surface area contributed by atoms with Gasteiger partial charge in [0.25, 0.3) is 0 Å². The lowest BCUT2D eigenvalue weighted by Gasteiger charge is -2.28. The molecule has 1 aromatic heterocycles. The van der Waals surface area contributed by atoms with Gasteiger partial charge in [0.15, 0.2) is 11.5 Å². The first-order valence-electron chi connectivity index (χ1n) is 11.4. The predicted molar refractivity (Wildman–Crippen MR) is 141 cm³/mol. The van der Waals surface area contributed by atoms with Gasteiger partial charge >= 0.3 is 6.09 Å². The van der Waals surface area contributed by atoms with Gasteiger partial charge < -0.3 is 24.2 Å². The second-order valence-corrected chi connectivity index (χ2v) is 8.45. The maximum absolute atomic E-state index is 12.2. The fraction of sp³-hybridized carbons (Fsp3) is 0.214. The minimum absolute atomic E-state index is 0.388. The highest BCUT2D eigenvalue weighted by Gasteiger charge is 2.23. The third-order valence-electron chi connectivity index (χ3n) is 6.01. The van der Waals surface area contributed by atoms with Gasteiger partial charge in [-0.3, -0.25) is 9.88 Å². The molecule has 0 saturated heterocycles. The van der Waals surface area contributed by atoms with E-state index < -0.39 is 6.09 Å². The average molecular weight is 488 g/mol. The lowest BCUT2D eigenvalue weighted by molar-refractivity contribution is 0.199. The number of hydrogen-bond donors (Lipinski definition) is 1. The molecule has 4 rings (SSSR count). The van der Waals surface area contributed by atoms with Crippen LogP contribution < -0.4 is 24.0 Å². The number of hydrogen-bond acceptors (Lipinski definition) is 6. The molecule has 0 aliphatic rings. The molecule has 8 heteroatoms. The molecule has 1 N–H and O–H groups in total. The zero-order chi connectivity index (χ0) is 25.8. The quantitative estimate of drug-likeness (QED) is 0.310. The van der Waals surface area contributed by atoms with Gasteiger partial charge in [0.2, 0.25) is 0 Å². The summed E-state index contributed by atoms with van der Waals surface area (Å²) in [6, 6.07) is 19.8. The van der Waals surface area contributed by atoms with Crippen molar-refractivity contribution in [1.29, 1.82) is 0 Å². The molecule has 0 aliphatic heterocycles. The Balaban J connectivity index is 1.61. The van der Waals surface area contributed by atoms with Gasteiger partial charge in [-0.15, -0.1) is 0 Å². The molecule has 36 heavy (non-hydrogen) atoms. The number of fused-ring (bicyclic) bond motifs is 1. The van der Waals surface area contributed by atoms with Crippen molar-refractivity contribution in [3.8, 4) is 23.0 Å². The third-order valence-corrected chi connectivity index (χ3v) is 6.01. The van der Waals surface area contributed by atoms with Gasteiger partial charge in [0, 0.05) is 43.1 Å². The van der Waals surface area contributed by atoms with Crippen LogP contribution in [0.4, 0.5) is 16.2 Å². The topological polar surface area (TPSA) is 84.4 Å². The molecule has 1 heterocycles. The van der Waals surface area contributed by atoms with E-state index in [1.165, 1.54) is 4.90 Å². The van der Waals surface area contributed by atoms with Gasteiger partial charge in [-0.1, -0.05) is 12.1 Å². The van der Waals surface area contributed by atoms with Crippen LogP contribution in [0.5, 0.6) is 23.0 Å². The van der Waals surface area contributed by atoms with Crippen LogP contribution in [0.1, 0.15) is 18.5 Å². The molecule has 0 spiro atoms. The van der Waals surface area contributed by atoms with Gasteiger partial charge in [-0.2, -0.15) is 0 Å². The van der Waals surface area contributed by atoms with E-state index in [0.717, 1.165) is 16.6 Å². The minimum Gasteiger partial charge on any atom is -0.493 e. The Morgan fingerprint density at radius 1 is 0.889 bits per heavy atom. The predicted octanol–water partition coefficient (Wildman–Crippen LogP) is 6.36. The molecule has 186 valence electrons. The van der Waals surface area contributed by atoms with Crippen molar-refractivity contribution in [3.05, 3.63) is 78.5 Å². The molecule has 1 amide bonds. The second-order valence-electron chi connectivity index (χ2n) is 8.45. The summed E-state index contributed by atoms with van der Waals surface area (Å²) in [6.45, 7) is 1.87. The minimum atomic E-state index is -1.03. The summed E-state index contributed by atoms with van der Waals surface area (Å²) in [7, 11) is 7.06. The van der Waals surface area contributed by atoms with Crippen molar-refractivity contribution in [2.75, 3.05) is 38.1 Å².